The van der Waals surface area contributed by atoms with Crippen molar-refractivity contribution in [3.63, 3.8) is 0 Å². The van der Waals surface area contributed by atoms with Gasteiger partial charge in [0.25, 0.3) is 5.91 Å². The van der Waals surface area contributed by atoms with E-state index < -0.39 is 5.69 Å². The summed E-state index contributed by atoms with van der Waals surface area (Å²) in [5.74, 6) is -0.215. The van der Waals surface area contributed by atoms with Gasteiger partial charge in [-0.05, 0) is 47.2 Å². The van der Waals surface area contributed by atoms with Gasteiger partial charge < -0.3 is 9.88 Å². The molecule has 0 atom stereocenters. The van der Waals surface area contributed by atoms with E-state index in [1.54, 1.807) is 24.3 Å². The van der Waals surface area contributed by atoms with Crippen LogP contribution in [0.4, 0.5) is 0 Å². The van der Waals surface area contributed by atoms with Crippen LogP contribution in [0.15, 0.2) is 47.5 Å². The molecule has 8 heteroatoms. The highest BCUT2D eigenvalue weighted by atomic mass is 16.2. The minimum Gasteiger partial charge on any atom is -0.354 e. The number of carbonyl (C=O) groups excluding carboxylic acids is 1. The van der Waals surface area contributed by atoms with Gasteiger partial charge in [0.05, 0.1) is 5.69 Å². The molecule has 0 aliphatic carbocycles. The Labute approximate surface area is 131 Å². The quantitative estimate of drug-likeness (QED) is 0.725. The molecule has 2 N–H and O–H groups in total. The fourth-order valence-corrected chi connectivity index (χ4v) is 2.22. The summed E-state index contributed by atoms with van der Waals surface area (Å²) in [6, 6.07) is 8.62. The number of hydrogen-bond donors (Lipinski definition) is 2. The Morgan fingerprint density at radius 3 is 2.91 bits per heavy atom. The summed E-state index contributed by atoms with van der Waals surface area (Å²) < 4.78 is 3.14. The van der Waals surface area contributed by atoms with E-state index in [-0.39, 0.29) is 5.91 Å². The van der Waals surface area contributed by atoms with Crippen molar-refractivity contribution in [1.29, 1.82) is 0 Å². The molecule has 3 rings (SSSR count). The molecule has 0 aliphatic rings. The third-order valence-electron chi connectivity index (χ3n) is 3.46. The van der Waals surface area contributed by atoms with Gasteiger partial charge in [0.1, 0.15) is 0 Å². The molecule has 1 amide bonds. The summed E-state index contributed by atoms with van der Waals surface area (Å²) in [7, 11) is 0. The normalized spacial score (nSPS) is 10.7. The Morgan fingerprint density at radius 1 is 1.35 bits per heavy atom. The lowest BCUT2D eigenvalue weighted by molar-refractivity contribution is 0.0951. The lowest BCUT2D eigenvalue weighted by Gasteiger charge is -2.05. The number of nitrogens with one attached hydrogen (secondary N) is 2. The van der Waals surface area contributed by atoms with Gasteiger partial charge in [-0.1, -0.05) is 6.07 Å². The van der Waals surface area contributed by atoms with E-state index in [2.05, 4.69) is 27.8 Å². The average molecular weight is 312 g/mol. The number of H-pyrrole nitrogens is 1. The summed E-state index contributed by atoms with van der Waals surface area (Å²) in [5.41, 5.74) is 1.51. The summed E-state index contributed by atoms with van der Waals surface area (Å²) in [6.45, 7) is 3.39. The summed E-state index contributed by atoms with van der Waals surface area (Å²) in [4.78, 5) is 23.8. The van der Waals surface area contributed by atoms with Crippen molar-refractivity contribution >= 4 is 5.91 Å². The van der Waals surface area contributed by atoms with Gasteiger partial charge in [0, 0.05) is 31.0 Å². The van der Waals surface area contributed by atoms with E-state index in [0.717, 1.165) is 16.8 Å². The smallest absolute Gasteiger partial charge is 0.354 e. The monoisotopic (exact) mass is 312 g/mol. The number of amides is 1. The second-order valence-electron chi connectivity index (χ2n) is 5.00. The molecule has 0 bridgehead atoms. The van der Waals surface area contributed by atoms with Crippen LogP contribution in [0, 0.1) is 0 Å². The van der Waals surface area contributed by atoms with Gasteiger partial charge >= 0.3 is 5.69 Å². The molecular weight excluding hydrogens is 296 g/mol. The topological polar surface area (TPSA) is 97.6 Å². The zero-order valence-electron chi connectivity index (χ0n) is 12.6. The molecule has 3 aromatic rings. The summed E-state index contributed by atoms with van der Waals surface area (Å²) >= 11 is 0. The highest BCUT2D eigenvalue weighted by Gasteiger charge is 2.09. The first-order valence-electron chi connectivity index (χ1n) is 7.21. The number of aromatic nitrogens is 5. The third-order valence-corrected chi connectivity index (χ3v) is 3.46. The van der Waals surface area contributed by atoms with Crippen LogP contribution < -0.4 is 11.0 Å². The number of aryl methyl sites for hydroxylation is 1. The van der Waals surface area contributed by atoms with Crippen molar-refractivity contribution in [2.24, 2.45) is 0 Å². The Hall–Kier alpha value is -3.16. The van der Waals surface area contributed by atoms with Crippen LogP contribution in [-0.2, 0) is 13.1 Å². The number of tetrazole rings is 1. The Bertz CT molecular complexity index is 876. The SMILES string of the molecule is CCn1ccc(CNC(=O)c2cccc(-n3nn[nH]c3=O)c2)c1. The molecular formula is C15H16N6O2. The molecule has 1 aromatic carbocycles. The number of hydrogen-bond acceptors (Lipinski definition) is 4. The van der Waals surface area contributed by atoms with Gasteiger partial charge in [-0.2, -0.15) is 4.68 Å². The number of carbonyl (C=O) groups is 1. The summed E-state index contributed by atoms with van der Waals surface area (Å²) in [6.07, 6.45) is 3.96. The number of aromatic amines is 1. The van der Waals surface area contributed by atoms with E-state index in [1.807, 2.05) is 23.0 Å². The average Bonchev–Trinajstić information content (AvgIpc) is 3.21. The van der Waals surface area contributed by atoms with Crippen LogP contribution in [0.25, 0.3) is 5.69 Å². The number of benzene rings is 1. The molecule has 8 nitrogen and oxygen atoms in total. The first-order valence-corrected chi connectivity index (χ1v) is 7.21. The maximum absolute atomic E-state index is 12.3. The molecule has 0 aliphatic heterocycles. The second kappa shape index (κ2) is 6.30. The second-order valence-corrected chi connectivity index (χ2v) is 5.00. The van der Waals surface area contributed by atoms with E-state index in [1.165, 1.54) is 0 Å². The minimum atomic E-state index is -0.455. The molecule has 0 saturated carbocycles. The molecule has 0 unspecified atom stereocenters. The number of nitrogens with zero attached hydrogens (tertiary/aromatic N) is 4. The van der Waals surface area contributed by atoms with Crippen LogP contribution >= 0.6 is 0 Å². The zero-order chi connectivity index (χ0) is 16.2. The van der Waals surface area contributed by atoms with Gasteiger partial charge in [-0.3, -0.25) is 4.79 Å². The molecule has 118 valence electrons. The van der Waals surface area contributed by atoms with Crippen LogP contribution in [0.5, 0.6) is 0 Å². The largest absolute Gasteiger partial charge is 0.365 e. The highest BCUT2D eigenvalue weighted by molar-refractivity contribution is 5.94. The lowest BCUT2D eigenvalue weighted by Crippen LogP contribution is -2.23. The molecule has 2 aromatic heterocycles. The van der Waals surface area contributed by atoms with E-state index in [9.17, 15) is 9.59 Å². The molecule has 0 fully saturated rings. The van der Waals surface area contributed by atoms with Gasteiger partial charge in [-0.25, -0.2) is 9.89 Å². The third kappa shape index (κ3) is 3.20. The first-order chi connectivity index (χ1) is 11.2. The Morgan fingerprint density at radius 2 is 2.22 bits per heavy atom. The molecule has 0 spiro atoms. The van der Waals surface area contributed by atoms with Crippen LogP contribution in [0.1, 0.15) is 22.8 Å². The van der Waals surface area contributed by atoms with Crippen LogP contribution in [-0.4, -0.2) is 30.7 Å². The fraction of sp³-hybridized carbons (Fsp3) is 0.200. The van der Waals surface area contributed by atoms with E-state index in [0.29, 0.717) is 17.8 Å². The van der Waals surface area contributed by atoms with Gasteiger partial charge in [0.15, 0.2) is 0 Å². The fourth-order valence-electron chi connectivity index (χ4n) is 2.22. The predicted molar refractivity (Wildman–Crippen MR) is 83.3 cm³/mol. The zero-order valence-corrected chi connectivity index (χ0v) is 12.6. The standard InChI is InChI=1S/C15H16N6O2/c1-2-20-7-6-11(10-20)9-16-14(22)12-4-3-5-13(8-12)21-15(23)17-18-19-21/h3-8,10H,2,9H2,1H3,(H,16,22)(H,17,19,23). The van der Waals surface area contributed by atoms with Crippen LogP contribution in [0.2, 0.25) is 0 Å². The highest BCUT2D eigenvalue weighted by Crippen LogP contribution is 2.08. The Kier molecular flexibility index (Phi) is 4.05. The van der Waals surface area contributed by atoms with Crippen molar-refractivity contribution in [2.75, 3.05) is 0 Å². The van der Waals surface area contributed by atoms with Crippen molar-refractivity contribution in [2.45, 2.75) is 20.0 Å². The predicted octanol–water partition coefficient (Wildman–Crippen LogP) is 0.707. The van der Waals surface area contributed by atoms with Gasteiger partial charge in [0.2, 0.25) is 0 Å². The Balaban J connectivity index is 1.72. The van der Waals surface area contributed by atoms with E-state index >= 15 is 0 Å². The molecule has 0 saturated heterocycles. The molecule has 0 radical (unpaired) electrons. The maximum Gasteiger partial charge on any atom is 0.365 e. The summed E-state index contributed by atoms with van der Waals surface area (Å²) in [5, 5.41) is 12.2. The van der Waals surface area contributed by atoms with Gasteiger partial charge in [-0.15, -0.1) is 0 Å². The first kappa shape index (κ1) is 14.8. The van der Waals surface area contributed by atoms with Crippen molar-refractivity contribution < 1.29 is 4.79 Å². The van der Waals surface area contributed by atoms with Crippen molar-refractivity contribution in [3.8, 4) is 5.69 Å². The van der Waals surface area contributed by atoms with Crippen molar-refractivity contribution in [3.05, 3.63) is 64.3 Å². The lowest BCUT2D eigenvalue weighted by atomic mass is 10.2. The maximum atomic E-state index is 12.3. The molecule has 23 heavy (non-hydrogen) atoms. The van der Waals surface area contributed by atoms with Crippen molar-refractivity contribution in [1.82, 2.24) is 30.1 Å². The van der Waals surface area contributed by atoms with Crippen LogP contribution in [0.3, 0.4) is 0 Å². The van der Waals surface area contributed by atoms with E-state index in [4.69, 9.17) is 0 Å². The molecule has 2 heterocycles. The number of rotatable bonds is 5. The minimum absolute atomic E-state index is 0.215.